The number of hydrogen-bond acceptors (Lipinski definition) is 3. The molecule has 84 valence electrons. The van der Waals surface area contributed by atoms with Gasteiger partial charge in [0, 0.05) is 25.7 Å². The van der Waals surface area contributed by atoms with Crippen molar-refractivity contribution in [2.24, 2.45) is 0 Å². The van der Waals surface area contributed by atoms with Crippen molar-refractivity contribution in [2.45, 2.75) is 38.6 Å². The van der Waals surface area contributed by atoms with Crippen LogP contribution in [-0.2, 0) is 0 Å². The van der Waals surface area contributed by atoms with Gasteiger partial charge in [-0.2, -0.15) is 0 Å². The summed E-state index contributed by atoms with van der Waals surface area (Å²) in [6, 6.07) is 0.708. The first kappa shape index (κ1) is 12.3. The van der Waals surface area contributed by atoms with E-state index in [1.54, 1.807) is 0 Å². The van der Waals surface area contributed by atoms with Gasteiger partial charge in [0.05, 0.1) is 5.37 Å². The molecular formula is C11H24N2S. The molecule has 3 heteroatoms. The standard InChI is InChI=1S/C11H24N2S/c1-10(2)12-6-5-7-13(9-8-12)11(3)14-4/h10-11H,5-9H2,1-4H3. The van der Waals surface area contributed by atoms with Crippen LogP contribution in [0, 0.1) is 0 Å². The highest BCUT2D eigenvalue weighted by Crippen LogP contribution is 2.15. The molecule has 0 aromatic rings. The van der Waals surface area contributed by atoms with Gasteiger partial charge in [-0.05, 0) is 40.0 Å². The lowest BCUT2D eigenvalue weighted by atomic mass is 10.3. The van der Waals surface area contributed by atoms with Gasteiger partial charge < -0.3 is 0 Å². The molecule has 1 rings (SSSR count). The Balaban J connectivity index is 2.40. The number of thioether (sulfide) groups is 1. The molecule has 0 radical (unpaired) electrons. The largest absolute Gasteiger partial charge is 0.300 e. The van der Waals surface area contributed by atoms with Gasteiger partial charge in [0.2, 0.25) is 0 Å². The van der Waals surface area contributed by atoms with Gasteiger partial charge in [-0.15, -0.1) is 11.8 Å². The highest BCUT2D eigenvalue weighted by atomic mass is 32.2. The lowest BCUT2D eigenvalue weighted by molar-refractivity contribution is 0.218. The van der Waals surface area contributed by atoms with E-state index in [0.717, 1.165) is 0 Å². The van der Waals surface area contributed by atoms with Gasteiger partial charge in [-0.25, -0.2) is 0 Å². The van der Waals surface area contributed by atoms with Crippen LogP contribution in [0.2, 0.25) is 0 Å². The molecule has 0 aromatic heterocycles. The number of nitrogens with zero attached hydrogens (tertiary/aromatic N) is 2. The molecule has 1 unspecified atom stereocenters. The average molecular weight is 216 g/mol. The molecule has 0 saturated carbocycles. The van der Waals surface area contributed by atoms with Crippen LogP contribution in [-0.4, -0.2) is 53.7 Å². The van der Waals surface area contributed by atoms with E-state index < -0.39 is 0 Å². The monoisotopic (exact) mass is 216 g/mol. The molecule has 0 amide bonds. The van der Waals surface area contributed by atoms with Crippen molar-refractivity contribution in [3.8, 4) is 0 Å². The number of rotatable bonds is 3. The molecule has 1 aliphatic heterocycles. The predicted molar refractivity (Wildman–Crippen MR) is 65.9 cm³/mol. The summed E-state index contributed by atoms with van der Waals surface area (Å²) in [6.07, 6.45) is 3.53. The fourth-order valence-electron chi connectivity index (χ4n) is 1.99. The normalized spacial score (nSPS) is 23.8. The molecule has 1 heterocycles. The first-order valence-electron chi connectivity index (χ1n) is 5.66. The van der Waals surface area contributed by atoms with Crippen molar-refractivity contribution in [1.82, 2.24) is 9.80 Å². The van der Waals surface area contributed by atoms with Crippen LogP contribution in [0.5, 0.6) is 0 Å². The second-order valence-electron chi connectivity index (χ2n) is 4.35. The minimum atomic E-state index is 0.683. The SMILES string of the molecule is CSC(C)N1CCCN(C(C)C)CC1. The second-order valence-corrected chi connectivity index (χ2v) is 5.51. The molecule has 0 N–H and O–H groups in total. The van der Waals surface area contributed by atoms with Crippen LogP contribution in [0.1, 0.15) is 27.2 Å². The maximum Gasteiger partial charge on any atom is 0.0526 e. The molecular weight excluding hydrogens is 192 g/mol. The lowest BCUT2D eigenvalue weighted by Crippen LogP contribution is -2.37. The Labute approximate surface area is 93.0 Å². The van der Waals surface area contributed by atoms with Gasteiger partial charge in [-0.1, -0.05) is 0 Å². The van der Waals surface area contributed by atoms with Crippen molar-refractivity contribution in [3.05, 3.63) is 0 Å². The van der Waals surface area contributed by atoms with E-state index >= 15 is 0 Å². The molecule has 14 heavy (non-hydrogen) atoms. The molecule has 0 spiro atoms. The van der Waals surface area contributed by atoms with Crippen molar-refractivity contribution in [3.63, 3.8) is 0 Å². The van der Waals surface area contributed by atoms with Gasteiger partial charge in [0.15, 0.2) is 0 Å². The summed E-state index contributed by atoms with van der Waals surface area (Å²) in [4.78, 5) is 5.19. The van der Waals surface area contributed by atoms with Gasteiger partial charge in [0.25, 0.3) is 0 Å². The Morgan fingerprint density at radius 3 is 2.07 bits per heavy atom. The molecule has 1 atom stereocenters. The van der Waals surface area contributed by atoms with E-state index in [9.17, 15) is 0 Å². The van der Waals surface area contributed by atoms with Crippen LogP contribution < -0.4 is 0 Å². The average Bonchev–Trinajstić information content (AvgIpc) is 2.41. The zero-order valence-electron chi connectivity index (χ0n) is 9.99. The van der Waals surface area contributed by atoms with E-state index in [1.807, 2.05) is 11.8 Å². The van der Waals surface area contributed by atoms with E-state index in [0.29, 0.717) is 11.4 Å². The highest BCUT2D eigenvalue weighted by molar-refractivity contribution is 7.99. The maximum absolute atomic E-state index is 2.60. The van der Waals surface area contributed by atoms with Crippen LogP contribution in [0.4, 0.5) is 0 Å². The Morgan fingerprint density at radius 2 is 1.50 bits per heavy atom. The summed E-state index contributed by atoms with van der Waals surface area (Å²) in [5.74, 6) is 0. The summed E-state index contributed by atoms with van der Waals surface area (Å²) in [5.41, 5.74) is 0. The van der Waals surface area contributed by atoms with E-state index in [-0.39, 0.29) is 0 Å². The van der Waals surface area contributed by atoms with Gasteiger partial charge in [0.1, 0.15) is 0 Å². The summed E-state index contributed by atoms with van der Waals surface area (Å²) in [6.45, 7) is 11.9. The molecule has 1 saturated heterocycles. The van der Waals surface area contributed by atoms with Crippen LogP contribution in [0.15, 0.2) is 0 Å². The summed E-state index contributed by atoms with van der Waals surface area (Å²) >= 11 is 1.96. The third kappa shape index (κ3) is 3.44. The Bertz CT molecular complexity index is 161. The zero-order valence-corrected chi connectivity index (χ0v) is 10.8. The van der Waals surface area contributed by atoms with Crippen LogP contribution >= 0.6 is 11.8 Å². The Kier molecular flexibility index (Phi) is 5.28. The van der Waals surface area contributed by atoms with Crippen LogP contribution in [0.25, 0.3) is 0 Å². The van der Waals surface area contributed by atoms with Crippen molar-refractivity contribution >= 4 is 11.8 Å². The fraction of sp³-hybridized carbons (Fsp3) is 1.00. The highest BCUT2D eigenvalue weighted by Gasteiger charge is 2.19. The zero-order chi connectivity index (χ0) is 10.6. The first-order valence-corrected chi connectivity index (χ1v) is 6.95. The van der Waals surface area contributed by atoms with Crippen molar-refractivity contribution in [2.75, 3.05) is 32.4 Å². The molecule has 0 aliphatic carbocycles. The van der Waals surface area contributed by atoms with Gasteiger partial charge in [-0.3, -0.25) is 9.80 Å². The smallest absolute Gasteiger partial charge is 0.0526 e. The maximum atomic E-state index is 2.60. The second kappa shape index (κ2) is 5.99. The molecule has 2 nitrogen and oxygen atoms in total. The van der Waals surface area contributed by atoms with Crippen molar-refractivity contribution in [1.29, 1.82) is 0 Å². The summed E-state index contributed by atoms with van der Waals surface area (Å²) in [7, 11) is 0. The van der Waals surface area contributed by atoms with Gasteiger partial charge >= 0.3 is 0 Å². The van der Waals surface area contributed by atoms with Crippen LogP contribution in [0.3, 0.4) is 0 Å². The third-order valence-corrected chi connectivity index (χ3v) is 4.13. The molecule has 0 aromatic carbocycles. The molecule has 0 bridgehead atoms. The quantitative estimate of drug-likeness (QED) is 0.713. The van der Waals surface area contributed by atoms with E-state index in [4.69, 9.17) is 0 Å². The van der Waals surface area contributed by atoms with E-state index in [1.165, 1.54) is 32.6 Å². The minimum Gasteiger partial charge on any atom is -0.300 e. The van der Waals surface area contributed by atoms with Crippen molar-refractivity contribution < 1.29 is 0 Å². The Morgan fingerprint density at radius 1 is 0.929 bits per heavy atom. The topological polar surface area (TPSA) is 6.48 Å². The molecule has 1 fully saturated rings. The summed E-state index contributed by atoms with van der Waals surface area (Å²) in [5, 5.41) is 0.683. The molecule has 1 aliphatic rings. The first-order chi connectivity index (χ1) is 6.65. The fourth-order valence-corrected chi connectivity index (χ4v) is 2.50. The number of hydrogen-bond donors (Lipinski definition) is 0. The van der Waals surface area contributed by atoms with E-state index in [2.05, 4.69) is 36.8 Å². The summed E-state index contributed by atoms with van der Waals surface area (Å²) < 4.78 is 0. The minimum absolute atomic E-state index is 0.683. The third-order valence-electron chi connectivity index (χ3n) is 3.15. The Hall–Kier alpha value is 0.270. The predicted octanol–water partition coefficient (Wildman–Crippen LogP) is 2.11. The lowest BCUT2D eigenvalue weighted by Gasteiger charge is -2.27.